The maximum absolute atomic E-state index is 12.4. The molecule has 7 heteroatoms. The van der Waals surface area contributed by atoms with Gasteiger partial charge in [0.15, 0.2) is 0 Å². The van der Waals surface area contributed by atoms with Crippen molar-refractivity contribution < 1.29 is 14.4 Å². The standard InChI is InChI=1S/C23H25N3O3S/c24-21(28)20-17-4-2-1-3-5-18(17)30-23(20)26-19(27)13-8-14-6-9-15(10-7-14)22(29)25-16-11-12-16/h6-10,13,16H,1-5,11-12H2,(H2,24,28)(H,25,29)(H,26,27)/b13-8+. The molecule has 0 unspecified atom stereocenters. The van der Waals surface area contributed by atoms with Crippen LogP contribution in [0.4, 0.5) is 5.00 Å². The molecule has 1 heterocycles. The molecule has 0 aliphatic heterocycles. The van der Waals surface area contributed by atoms with E-state index in [1.54, 1.807) is 30.3 Å². The third-order valence-electron chi connectivity index (χ3n) is 5.42. The van der Waals surface area contributed by atoms with Gasteiger partial charge in [-0.05, 0) is 67.9 Å². The smallest absolute Gasteiger partial charge is 0.251 e. The molecule has 4 N–H and O–H groups in total. The van der Waals surface area contributed by atoms with Gasteiger partial charge in [0.05, 0.1) is 5.56 Å². The number of nitrogens with two attached hydrogens (primary N) is 1. The number of nitrogens with one attached hydrogen (secondary N) is 2. The Bertz CT molecular complexity index is 1000. The first-order valence-electron chi connectivity index (χ1n) is 10.4. The highest BCUT2D eigenvalue weighted by atomic mass is 32.1. The Hall–Kier alpha value is -2.93. The van der Waals surface area contributed by atoms with Crippen molar-refractivity contribution in [1.29, 1.82) is 0 Å². The third-order valence-corrected chi connectivity index (χ3v) is 6.62. The molecule has 0 spiro atoms. The van der Waals surface area contributed by atoms with Crippen LogP contribution in [0.3, 0.4) is 0 Å². The third kappa shape index (κ3) is 4.79. The van der Waals surface area contributed by atoms with Crippen molar-refractivity contribution in [3.05, 3.63) is 57.5 Å². The second kappa shape index (κ2) is 8.83. The number of rotatable bonds is 6. The topological polar surface area (TPSA) is 101 Å². The van der Waals surface area contributed by atoms with Crippen molar-refractivity contribution in [2.45, 2.75) is 51.0 Å². The monoisotopic (exact) mass is 423 g/mol. The number of amides is 3. The summed E-state index contributed by atoms with van der Waals surface area (Å²) < 4.78 is 0. The summed E-state index contributed by atoms with van der Waals surface area (Å²) in [7, 11) is 0. The number of fused-ring (bicyclic) bond motifs is 1. The van der Waals surface area contributed by atoms with E-state index in [2.05, 4.69) is 10.6 Å². The van der Waals surface area contributed by atoms with E-state index in [9.17, 15) is 14.4 Å². The van der Waals surface area contributed by atoms with E-state index >= 15 is 0 Å². The summed E-state index contributed by atoms with van der Waals surface area (Å²) in [6.07, 6.45) is 10.2. The van der Waals surface area contributed by atoms with Crippen LogP contribution in [-0.2, 0) is 17.6 Å². The summed E-state index contributed by atoms with van der Waals surface area (Å²) in [5, 5.41) is 6.31. The number of hydrogen-bond donors (Lipinski definition) is 3. The molecular weight excluding hydrogens is 398 g/mol. The highest BCUT2D eigenvalue weighted by Gasteiger charge is 2.24. The Balaban J connectivity index is 1.42. The largest absolute Gasteiger partial charge is 0.365 e. The summed E-state index contributed by atoms with van der Waals surface area (Å²) in [6.45, 7) is 0. The zero-order valence-electron chi connectivity index (χ0n) is 16.7. The number of benzene rings is 1. The van der Waals surface area contributed by atoms with Crippen LogP contribution in [-0.4, -0.2) is 23.8 Å². The van der Waals surface area contributed by atoms with E-state index in [0.29, 0.717) is 22.2 Å². The second-order valence-corrected chi connectivity index (χ2v) is 8.93. The van der Waals surface area contributed by atoms with Gasteiger partial charge in [0, 0.05) is 22.6 Å². The molecule has 2 aromatic rings. The lowest BCUT2D eigenvalue weighted by Crippen LogP contribution is -2.25. The molecule has 2 aliphatic rings. The molecule has 1 aromatic heterocycles. The molecule has 1 aromatic carbocycles. The van der Waals surface area contributed by atoms with Crippen molar-refractivity contribution in [2.24, 2.45) is 5.73 Å². The summed E-state index contributed by atoms with van der Waals surface area (Å²) in [4.78, 5) is 37.6. The number of hydrogen-bond acceptors (Lipinski definition) is 4. The zero-order chi connectivity index (χ0) is 21.1. The highest BCUT2D eigenvalue weighted by Crippen LogP contribution is 2.37. The molecule has 0 radical (unpaired) electrons. The normalized spacial score (nSPS) is 16.0. The number of aryl methyl sites for hydroxylation is 1. The average Bonchev–Trinajstić information content (AvgIpc) is 3.51. The van der Waals surface area contributed by atoms with E-state index < -0.39 is 5.91 Å². The van der Waals surface area contributed by atoms with E-state index in [-0.39, 0.29) is 11.8 Å². The molecule has 0 bridgehead atoms. The molecule has 1 saturated carbocycles. The minimum Gasteiger partial charge on any atom is -0.365 e. The minimum absolute atomic E-state index is 0.0674. The number of anilines is 1. The van der Waals surface area contributed by atoms with Crippen LogP contribution in [0.2, 0.25) is 0 Å². The van der Waals surface area contributed by atoms with Gasteiger partial charge in [0.2, 0.25) is 5.91 Å². The van der Waals surface area contributed by atoms with Crippen LogP contribution in [0, 0.1) is 0 Å². The Morgan fingerprint density at radius 3 is 2.47 bits per heavy atom. The van der Waals surface area contributed by atoms with Crippen LogP contribution in [0.15, 0.2) is 30.3 Å². The van der Waals surface area contributed by atoms with Gasteiger partial charge in [-0.1, -0.05) is 18.6 Å². The van der Waals surface area contributed by atoms with Crippen LogP contribution in [0.1, 0.15) is 68.8 Å². The summed E-state index contributed by atoms with van der Waals surface area (Å²) in [5.74, 6) is -0.875. The number of carbonyl (C=O) groups is 3. The predicted octanol–water partition coefficient (Wildman–Crippen LogP) is 3.66. The highest BCUT2D eigenvalue weighted by molar-refractivity contribution is 7.17. The van der Waals surface area contributed by atoms with Gasteiger partial charge >= 0.3 is 0 Å². The molecule has 156 valence electrons. The van der Waals surface area contributed by atoms with Crippen molar-refractivity contribution in [3.8, 4) is 0 Å². The molecule has 4 rings (SSSR count). The molecule has 2 aliphatic carbocycles. The molecule has 0 atom stereocenters. The zero-order valence-corrected chi connectivity index (χ0v) is 17.5. The maximum Gasteiger partial charge on any atom is 0.251 e. The van der Waals surface area contributed by atoms with Crippen LogP contribution in [0.25, 0.3) is 6.08 Å². The summed E-state index contributed by atoms with van der Waals surface area (Å²) in [5.41, 5.74) is 8.50. The molecular formula is C23H25N3O3S. The lowest BCUT2D eigenvalue weighted by atomic mass is 10.1. The van der Waals surface area contributed by atoms with Gasteiger partial charge in [0.25, 0.3) is 11.8 Å². The van der Waals surface area contributed by atoms with Crippen molar-refractivity contribution in [3.63, 3.8) is 0 Å². The Morgan fingerprint density at radius 1 is 1.03 bits per heavy atom. The fourth-order valence-electron chi connectivity index (χ4n) is 3.66. The molecule has 6 nitrogen and oxygen atoms in total. The molecule has 1 fully saturated rings. The lowest BCUT2D eigenvalue weighted by Gasteiger charge is -2.05. The molecule has 30 heavy (non-hydrogen) atoms. The average molecular weight is 424 g/mol. The quantitative estimate of drug-likeness (QED) is 0.488. The van der Waals surface area contributed by atoms with Crippen molar-refractivity contribution >= 4 is 40.1 Å². The van der Waals surface area contributed by atoms with Crippen LogP contribution >= 0.6 is 11.3 Å². The number of primary amides is 1. The fourth-order valence-corrected chi connectivity index (χ4v) is 4.96. The Kier molecular flexibility index (Phi) is 5.99. The van der Waals surface area contributed by atoms with Gasteiger partial charge in [-0.25, -0.2) is 0 Å². The van der Waals surface area contributed by atoms with Gasteiger partial charge in [-0.2, -0.15) is 0 Å². The first-order chi connectivity index (χ1) is 14.5. The first kappa shape index (κ1) is 20.3. The van der Waals surface area contributed by atoms with Gasteiger partial charge in [-0.15, -0.1) is 11.3 Å². The predicted molar refractivity (Wildman–Crippen MR) is 119 cm³/mol. The van der Waals surface area contributed by atoms with Crippen molar-refractivity contribution in [1.82, 2.24) is 5.32 Å². The maximum atomic E-state index is 12.4. The van der Waals surface area contributed by atoms with Gasteiger partial charge in [-0.3, -0.25) is 14.4 Å². The number of thiophene rings is 1. The fraction of sp³-hybridized carbons (Fsp3) is 0.348. The number of carbonyl (C=O) groups excluding carboxylic acids is 3. The molecule has 0 saturated heterocycles. The SMILES string of the molecule is NC(=O)c1c(NC(=O)/C=C/c2ccc(C(=O)NC3CC3)cc2)sc2c1CCCCC2. The summed E-state index contributed by atoms with van der Waals surface area (Å²) in [6, 6.07) is 7.41. The van der Waals surface area contributed by atoms with Gasteiger partial charge in [0.1, 0.15) is 5.00 Å². The van der Waals surface area contributed by atoms with Crippen molar-refractivity contribution in [2.75, 3.05) is 5.32 Å². The molecule has 3 amide bonds. The Morgan fingerprint density at radius 2 is 1.77 bits per heavy atom. The second-order valence-electron chi connectivity index (χ2n) is 7.83. The lowest BCUT2D eigenvalue weighted by molar-refractivity contribution is -0.111. The van der Waals surface area contributed by atoms with Crippen LogP contribution < -0.4 is 16.4 Å². The Labute approximate surface area is 179 Å². The minimum atomic E-state index is -0.492. The van der Waals surface area contributed by atoms with E-state index in [4.69, 9.17) is 5.73 Å². The van der Waals surface area contributed by atoms with E-state index in [1.165, 1.54) is 17.4 Å². The van der Waals surface area contributed by atoms with E-state index in [1.807, 2.05) is 0 Å². The van der Waals surface area contributed by atoms with E-state index in [0.717, 1.165) is 60.9 Å². The van der Waals surface area contributed by atoms with Crippen LogP contribution in [0.5, 0.6) is 0 Å². The summed E-state index contributed by atoms with van der Waals surface area (Å²) >= 11 is 1.46. The van der Waals surface area contributed by atoms with Gasteiger partial charge < -0.3 is 16.4 Å². The first-order valence-corrected chi connectivity index (χ1v) is 11.2.